The molecule has 0 aromatic heterocycles. The van der Waals surface area contributed by atoms with Crippen molar-refractivity contribution in [3.63, 3.8) is 0 Å². The smallest absolute Gasteiger partial charge is 0.393 e. The van der Waals surface area contributed by atoms with Crippen molar-refractivity contribution in [2.45, 2.75) is 88.8 Å². The zero-order valence-corrected chi connectivity index (χ0v) is 29.6. The Labute approximate surface area is 239 Å². The average molecular weight is 614 g/mol. The summed E-state index contributed by atoms with van der Waals surface area (Å²) in [5, 5.41) is 7.40. The summed E-state index contributed by atoms with van der Waals surface area (Å²) in [5.74, 6) is 0.270. The van der Waals surface area contributed by atoms with Crippen LogP contribution in [0.15, 0.2) is 0 Å². The van der Waals surface area contributed by atoms with Gasteiger partial charge in [0.15, 0.2) is 0 Å². The maximum absolute atomic E-state index is 5.85. The Morgan fingerprint density at radius 1 is 0.658 bits per heavy atom. The van der Waals surface area contributed by atoms with Crippen molar-refractivity contribution >= 4 is 36.4 Å². The molecule has 1 unspecified atom stereocenters. The molecule has 0 fully saturated rings. The zero-order chi connectivity index (χ0) is 28.7. The maximum Gasteiger partial charge on any atom is 0.500 e. The van der Waals surface area contributed by atoms with E-state index in [1.165, 1.54) is 31.7 Å². The van der Waals surface area contributed by atoms with Gasteiger partial charge in [-0.05, 0) is 46.2 Å². The van der Waals surface area contributed by atoms with Gasteiger partial charge >= 0.3 is 26.9 Å². The van der Waals surface area contributed by atoms with Crippen molar-refractivity contribution in [3.05, 3.63) is 0 Å². The lowest BCUT2D eigenvalue weighted by Gasteiger charge is -2.26. The van der Waals surface area contributed by atoms with Crippen LogP contribution in [0, 0.1) is 0 Å². The van der Waals surface area contributed by atoms with Crippen LogP contribution in [0.25, 0.3) is 0 Å². The quantitative estimate of drug-likeness (QED) is 0.0774. The van der Waals surface area contributed by atoms with E-state index in [1.54, 1.807) is 42.7 Å². The number of nitrogens with one attached hydrogen (secondary N) is 2. The van der Waals surface area contributed by atoms with Crippen molar-refractivity contribution in [2.75, 3.05) is 69.0 Å². The first-order valence-electron chi connectivity index (χ1n) is 14.0. The highest BCUT2D eigenvalue weighted by atomic mass is 28.4. The maximum atomic E-state index is 5.85. The van der Waals surface area contributed by atoms with Gasteiger partial charge in [0.2, 0.25) is 0 Å². The second kappa shape index (κ2) is 24.1. The lowest BCUT2D eigenvalue weighted by Crippen LogP contribution is -2.49. The van der Waals surface area contributed by atoms with E-state index in [-0.39, 0.29) is 5.79 Å². The van der Waals surface area contributed by atoms with Gasteiger partial charge in [0, 0.05) is 79.3 Å². The molecule has 38 heavy (non-hydrogen) atoms. The largest absolute Gasteiger partial charge is 0.500 e. The molecule has 0 saturated heterocycles. The van der Waals surface area contributed by atoms with Gasteiger partial charge in [-0.15, -0.1) is 0 Å². The summed E-state index contributed by atoms with van der Waals surface area (Å²) in [6, 6.07) is 2.77. The van der Waals surface area contributed by atoms with Crippen molar-refractivity contribution in [3.8, 4) is 0 Å². The lowest BCUT2D eigenvalue weighted by atomic mass is 10.2. The molecule has 0 amide bonds. The Morgan fingerprint density at radius 2 is 1.11 bits per heavy atom. The van der Waals surface area contributed by atoms with Gasteiger partial charge in [-0.25, -0.2) is 0 Å². The van der Waals surface area contributed by atoms with Crippen LogP contribution in [0.4, 0.5) is 0 Å². The molecule has 14 heteroatoms. The molecule has 0 aliphatic heterocycles. The van der Waals surface area contributed by atoms with Gasteiger partial charge < -0.3 is 46.0 Å². The van der Waals surface area contributed by atoms with E-state index in [1.807, 2.05) is 13.8 Å². The van der Waals surface area contributed by atoms with Crippen molar-refractivity contribution < 1.29 is 35.4 Å². The molecule has 2 N–H and O–H groups in total. The van der Waals surface area contributed by atoms with E-state index in [4.69, 9.17) is 35.4 Å². The fourth-order valence-electron chi connectivity index (χ4n) is 4.16. The van der Waals surface area contributed by atoms with Gasteiger partial charge in [0.05, 0.1) is 9.52 Å². The van der Waals surface area contributed by atoms with Crippen LogP contribution in [0.2, 0.25) is 23.7 Å². The van der Waals surface area contributed by atoms with Crippen LogP contribution in [0.5, 0.6) is 0 Å². The molecule has 0 spiro atoms. The number of unbranched alkanes of at least 4 members (excludes halogenated alkanes) is 2. The predicted molar refractivity (Wildman–Crippen MR) is 160 cm³/mol. The highest BCUT2D eigenvalue weighted by molar-refractivity contribution is 6.60. The molecule has 0 heterocycles. The first kappa shape index (κ1) is 38.5. The van der Waals surface area contributed by atoms with Crippen LogP contribution >= 0.6 is 0 Å². The zero-order valence-electron chi connectivity index (χ0n) is 25.6. The van der Waals surface area contributed by atoms with Gasteiger partial charge in [-0.3, -0.25) is 0 Å². The Bertz CT molecular complexity index is 487. The topological polar surface area (TPSA) is 97.9 Å². The van der Waals surface area contributed by atoms with Crippen molar-refractivity contribution in [1.29, 1.82) is 0 Å². The molecule has 10 nitrogen and oxygen atoms in total. The van der Waals surface area contributed by atoms with Gasteiger partial charge in [-0.2, -0.15) is 0 Å². The van der Waals surface area contributed by atoms with Crippen LogP contribution in [-0.4, -0.2) is 111 Å². The molecule has 0 saturated carbocycles. The summed E-state index contributed by atoms with van der Waals surface area (Å²) >= 11 is 0. The standard InChI is InChI=1S/C24H57N2O8Si4/c1-10-33-36(34-11-2)23(3)17-13-12-14-20-35-24(25-18-15-21-37(27-4,28-5)29-6)26-19-16-22-38(30-7,31-8)32-9/h23-26H,10-22H2,1-9H3. The SMILES string of the molecule is CCO[Si](OCC)C(C)CCCCC[Si]C(NCCC[Si](OC)(OC)OC)NCCC[Si](OC)(OC)OC. The van der Waals surface area contributed by atoms with E-state index in [0.29, 0.717) is 5.54 Å². The molecule has 0 bridgehead atoms. The summed E-state index contributed by atoms with van der Waals surface area (Å²) in [6.07, 6.45) is 6.73. The summed E-state index contributed by atoms with van der Waals surface area (Å²) in [6.45, 7) is 9.58. The fraction of sp³-hybridized carbons (Fsp3) is 1.00. The van der Waals surface area contributed by atoms with Gasteiger partial charge in [0.25, 0.3) is 0 Å². The molecule has 0 aliphatic rings. The Balaban J connectivity index is 4.59. The number of rotatable bonds is 28. The van der Waals surface area contributed by atoms with Crippen LogP contribution < -0.4 is 10.6 Å². The van der Waals surface area contributed by atoms with E-state index in [2.05, 4.69) is 17.6 Å². The molecule has 0 aromatic carbocycles. The highest BCUT2D eigenvalue weighted by Crippen LogP contribution is 2.21. The van der Waals surface area contributed by atoms with Crippen molar-refractivity contribution in [1.82, 2.24) is 10.6 Å². The van der Waals surface area contributed by atoms with E-state index >= 15 is 0 Å². The molecular weight excluding hydrogens is 557 g/mol. The van der Waals surface area contributed by atoms with Crippen LogP contribution in [0.3, 0.4) is 0 Å². The van der Waals surface area contributed by atoms with Gasteiger partial charge in [0.1, 0.15) is 0 Å². The number of hydrogen-bond acceptors (Lipinski definition) is 10. The summed E-state index contributed by atoms with van der Waals surface area (Å²) in [7, 11) is 4.56. The normalized spacial score (nSPS) is 13.7. The third kappa shape index (κ3) is 16.0. The first-order valence-corrected chi connectivity index (χ1v) is 20.5. The molecule has 0 aliphatic carbocycles. The predicted octanol–water partition coefficient (Wildman–Crippen LogP) is 3.62. The third-order valence-corrected chi connectivity index (χ3v) is 15.9. The lowest BCUT2D eigenvalue weighted by molar-refractivity contribution is 0.122. The van der Waals surface area contributed by atoms with Crippen molar-refractivity contribution in [2.24, 2.45) is 0 Å². The second-order valence-corrected chi connectivity index (χ2v) is 18.9. The summed E-state index contributed by atoms with van der Waals surface area (Å²) < 4.78 is 45.0. The van der Waals surface area contributed by atoms with E-state index in [0.717, 1.165) is 60.8 Å². The van der Waals surface area contributed by atoms with E-state index in [9.17, 15) is 0 Å². The molecule has 227 valence electrons. The third-order valence-electron chi connectivity index (χ3n) is 6.52. The van der Waals surface area contributed by atoms with Crippen LogP contribution in [0.1, 0.15) is 59.3 Å². The Hall–Kier alpha value is 0.468. The average Bonchev–Trinajstić information content (AvgIpc) is 2.95. The highest BCUT2D eigenvalue weighted by Gasteiger charge is 2.37. The second-order valence-electron chi connectivity index (χ2n) is 9.03. The first-order chi connectivity index (χ1) is 18.3. The fourth-order valence-corrected chi connectivity index (χ4v) is 10.6. The van der Waals surface area contributed by atoms with E-state index < -0.39 is 26.9 Å². The van der Waals surface area contributed by atoms with Gasteiger partial charge in [-0.1, -0.05) is 32.2 Å². The number of hydrogen-bond donors (Lipinski definition) is 2. The summed E-state index contributed by atoms with van der Waals surface area (Å²) in [4.78, 5) is 0. The minimum Gasteiger partial charge on any atom is -0.393 e. The molecule has 0 rings (SSSR count). The monoisotopic (exact) mass is 613 g/mol. The molecule has 3 radical (unpaired) electrons. The summed E-state index contributed by atoms with van der Waals surface area (Å²) in [5.41, 5.74) is 0.516. The minimum absolute atomic E-state index is 0.270. The molecule has 1 atom stereocenters. The minimum atomic E-state index is -2.53. The Kier molecular flexibility index (Phi) is 24.4. The Morgan fingerprint density at radius 3 is 1.50 bits per heavy atom. The molecular formula is C24H57N2O8Si4. The molecule has 0 aromatic rings. The van der Waals surface area contributed by atoms with Crippen LogP contribution in [-0.2, 0) is 35.4 Å².